The first kappa shape index (κ1) is 99.6. The Morgan fingerprint density at radius 2 is 0.500 bits per heavy atom. The number of hydrogen-bond acceptors (Lipinski definition) is 15. The van der Waals surface area contributed by atoms with Gasteiger partial charge in [0.25, 0.3) is 0 Å². The Balaban J connectivity index is 5.52. The first-order valence-corrected chi connectivity index (χ1v) is 42.3. The smallest absolute Gasteiger partial charge is 0.462 e. The summed E-state index contributed by atoms with van der Waals surface area (Å²) in [6.07, 6.45) is 95.6. The van der Waals surface area contributed by atoms with Crippen LogP contribution >= 0.6 is 15.6 Å². The first-order valence-electron chi connectivity index (χ1n) is 39.3. The Hall–Kier alpha value is -6.36. The molecule has 0 fully saturated rings. The highest BCUT2D eigenvalue weighted by atomic mass is 31.2. The van der Waals surface area contributed by atoms with Crippen LogP contribution in [0.5, 0.6) is 0 Å². The van der Waals surface area contributed by atoms with Gasteiger partial charge in [-0.3, -0.25) is 37.3 Å². The third-order valence-corrected chi connectivity index (χ3v) is 17.2. The average molecular weight is 1520 g/mol. The van der Waals surface area contributed by atoms with Gasteiger partial charge in [0.05, 0.1) is 32.8 Å². The number of phosphoric ester groups is 2. The molecular formula is C87H136O17P2. The molecular weight excluding hydrogens is 1380 g/mol. The summed E-state index contributed by atoms with van der Waals surface area (Å²) in [5.41, 5.74) is 0. The molecule has 0 aliphatic carbocycles. The number of allylic oxidation sites excluding steroid dienone is 33. The van der Waals surface area contributed by atoms with Crippen molar-refractivity contribution in [2.45, 2.75) is 277 Å². The van der Waals surface area contributed by atoms with E-state index in [1.165, 1.54) is 0 Å². The zero-order chi connectivity index (χ0) is 77.4. The second-order valence-corrected chi connectivity index (χ2v) is 28.0. The van der Waals surface area contributed by atoms with Crippen molar-refractivity contribution in [1.29, 1.82) is 0 Å². The van der Waals surface area contributed by atoms with Crippen molar-refractivity contribution in [2.75, 3.05) is 39.6 Å². The predicted molar refractivity (Wildman–Crippen MR) is 435 cm³/mol. The van der Waals surface area contributed by atoms with Gasteiger partial charge in [-0.05, 0) is 167 Å². The predicted octanol–water partition coefficient (Wildman–Crippen LogP) is 23.1. The van der Waals surface area contributed by atoms with Crippen LogP contribution < -0.4 is 0 Å². The molecule has 17 nitrogen and oxygen atoms in total. The van der Waals surface area contributed by atoms with Crippen LogP contribution in [0.4, 0.5) is 0 Å². The summed E-state index contributed by atoms with van der Waals surface area (Å²) < 4.78 is 68.4. The molecule has 0 radical (unpaired) electrons. The molecule has 0 aliphatic rings. The van der Waals surface area contributed by atoms with E-state index in [0.29, 0.717) is 32.1 Å². The van der Waals surface area contributed by atoms with Crippen molar-refractivity contribution < 1.29 is 80.2 Å². The van der Waals surface area contributed by atoms with Crippen LogP contribution in [0.25, 0.3) is 0 Å². The summed E-state index contributed by atoms with van der Waals surface area (Å²) in [6, 6.07) is 0. The van der Waals surface area contributed by atoms with Gasteiger partial charge in [-0.1, -0.05) is 273 Å². The van der Waals surface area contributed by atoms with E-state index in [1.807, 2.05) is 12.2 Å². The number of rotatable bonds is 71. The molecule has 0 aliphatic heterocycles. The fourth-order valence-electron chi connectivity index (χ4n) is 9.44. The average Bonchev–Trinajstić information content (AvgIpc) is 0.909. The van der Waals surface area contributed by atoms with E-state index < -0.39 is 97.5 Å². The third-order valence-electron chi connectivity index (χ3n) is 15.3. The number of hydrogen-bond donors (Lipinski definition) is 3. The highest BCUT2D eigenvalue weighted by molar-refractivity contribution is 7.47. The van der Waals surface area contributed by atoms with Crippen molar-refractivity contribution in [2.24, 2.45) is 0 Å². The summed E-state index contributed by atoms with van der Waals surface area (Å²) in [4.78, 5) is 73.0. The van der Waals surface area contributed by atoms with E-state index >= 15 is 0 Å². The number of aliphatic hydroxyl groups excluding tert-OH is 1. The summed E-state index contributed by atoms with van der Waals surface area (Å²) >= 11 is 0. The summed E-state index contributed by atoms with van der Waals surface area (Å²) in [7, 11) is -10.0. The molecule has 0 aromatic rings. The number of phosphoric acid groups is 2. The van der Waals surface area contributed by atoms with Crippen LogP contribution in [0.1, 0.15) is 259 Å². The fraction of sp³-hybridized carbons (Fsp3) is 0.563. The largest absolute Gasteiger partial charge is 0.472 e. The van der Waals surface area contributed by atoms with E-state index in [1.54, 1.807) is 12.2 Å². The van der Waals surface area contributed by atoms with E-state index in [4.69, 9.17) is 37.0 Å². The molecule has 0 heterocycles. The highest BCUT2D eigenvalue weighted by Crippen LogP contribution is 2.45. The van der Waals surface area contributed by atoms with Crippen molar-refractivity contribution >= 4 is 39.5 Å². The number of ether oxygens (including phenoxy) is 4. The van der Waals surface area contributed by atoms with Gasteiger partial charge in [-0.15, -0.1) is 0 Å². The lowest BCUT2D eigenvalue weighted by Crippen LogP contribution is -2.30. The van der Waals surface area contributed by atoms with Crippen molar-refractivity contribution in [3.63, 3.8) is 0 Å². The van der Waals surface area contributed by atoms with Crippen LogP contribution in [0, 0.1) is 0 Å². The molecule has 0 rings (SSSR count). The minimum Gasteiger partial charge on any atom is -0.462 e. The molecule has 5 unspecified atom stereocenters. The standard InChI is InChI=1S/C87H136O17P2/c1-5-9-13-17-21-25-29-33-37-39-40-42-46-48-52-56-60-64-68-72-85(90)98-78-83(104-87(92)74-70-66-62-58-54-50-44-36-32-28-24-20-16-12-8-4)80-102-106(95,96)100-76-81(88)75-99-105(93,94)101-79-82(103-86(91)73-69-65-61-57-53-49-43-35-31-27-23-19-15-11-7-3)77-97-84(89)71-67-63-59-55-51-47-45-41-38-34-30-26-22-18-14-10-6-2/h9-16,21-28,33-38,40,42-44,48,52-54,57-58,65,69,81-83,88H,5-8,17-20,29-32,39,41,45-47,49-51,55-56,59-64,66-68,70-80H2,1-4H3,(H,93,94)(H,95,96)/b13-9-,14-10-,15-11-,16-12-,25-21-,26-22-,27-23-,28-24-,37-33-,38-34-,42-40-,43-35-,44-36-,52-48-,57-53-,58-54-,69-65-. The molecule has 5 atom stereocenters. The van der Waals surface area contributed by atoms with Gasteiger partial charge in [0.1, 0.15) is 19.3 Å². The van der Waals surface area contributed by atoms with Crippen LogP contribution in [-0.2, 0) is 65.4 Å². The van der Waals surface area contributed by atoms with E-state index in [9.17, 15) is 43.2 Å². The van der Waals surface area contributed by atoms with Crippen LogP contribution in [0.3, 0.4) is 0 Å². The monoisotopic (exact) mass is 1510 g/mol. The maximum Gasteiger partial charge on any atom is 0.472 e. The number of carbonyl (C=O) groups is 4. The maximum atomic E-state index is 13.1. The Morgan fingerprint density at radius 3 is 0.821 bits per heavy atom. The molecule has 0 spiro atoms. The van der Waals surface area contributed by atoms with Gasteiger partial charge >= 0.3 is 39.5 Å². The Morgan fingerprint density at radius 1 is 0.274 bits per heavy atom. The zero-order valence-corrected chi connectivity index (χ0v) is 66.8. The molecule has 0 saturated heterocycles. The molecule has 19 heteroatoms. The second-order valence-electron chi connectivity index (χ2n) is 25.1. The Kier molecular flexibility index (Phi) is 72.2. The first-order chi connectivity index (χ1) is 51.7. The number of unbranched alkanes of at least 4 members (excludes halogenated alkanes) is 12. The summed E-state index contributed by atoms with van der Waals surface area (Å²) in [6.45, 7) is 4.17. The molecule has 3 N–H and O–H groups in total. The molecule has 0 aromatic carbocycles. The van der Waals surface area contributed by atoms with E-state index in [2.05, 4.69) is 210 Å². The van der Waals surface area contributed by atoms with Gasteiger partial charge in [0.15, 0.2) is 12.2 Å². The quantitative estimate of drug-likeness (QED) is 0.0169. The summed E-state index contributed by atoms with van der Waals surface area (Å²) in [5.74, 6) is -2.45. The van der Waals surface area contributed by atoms with Crippen LogP contribution in [0.2, 0.25) is 0 Å². The highest BCUT2D eigenvalue weighted by Gasteiger charge is 2.30. The number of aliphatic hydroxyl groups is 1. The molecule has 0 saturated carbocycles. The minimum absolute atomic E-state index is 0.0234. The van der Waals surface area contributed by atoms with Crippen LogP contribution in [0.15, 0.2) is 207 Å². The van der Waals surface area contributed by atoms with Gasteiger partial charge in [-0.2, -0.15) is 0 Å². The lowest BCUT2D eigenvalue weighted by molar-refractivity contribution is -0.161. The molecule has 0 bridgehead atoms. The van der Waals surface area contributed by atoms with E-state index in [0.717, 1.165) is 173 Å². The van der Waals surface area contributed by atoms with Crippen molar-refractivity contribution in [3.05, 3.63) is 207 Å². The SMILES string of the molecule is CC/C=C\C/C=C\C/C=C\C/C=C\C/C=C\CCCCCC(=O)OCC(COP(=O)(O)OCC(O)COP(=O)(O)OCC(COC(=O)CCCCCCCCC/C=C\C/C=C\C/C=C\CC)OC(=O)C/C=C\C/C=C\C/C=C\C/C=C\C/C=C\CC)OC(=O)CCCC/C=C\C/C=C\C/C=C\C/C=C\CC. The minimum atomic E-state index is -5.02. The Labute approximate surface area is 639 Å². The van der Waals surface area contributed by atoms with Crippen LogP contribution in [-0.4, -0.2) is 96.7 Å². The molecule has 0 aromatic heterocycles. The lowest BCUT2D eigenvalue weighted by Gasteiger charge is -2.21. The third kappa shape index (κ3) is 75.9. The number of carbonyl (C=O) groups excluding carboxylic acids is 4. The molecule has 0 amide bonds. The Bertz CT molecular complexity index is 2830. The normalized spacial score (nSPS) is 15.0. The topological polar surface area (TPSA) is 237 Å². The van der Waals surface area contributed by atoms with E-state index in [-0.39, 0.29) is 25.7 Å². The van der Waals surface area contributed by atoms with Gasteiger partial charge in [0, 0.05) is 19.3 Å². The second kappa shape index (κ2) is 76.8. The fourth-order valence-corrected chi connectivity index (χ4v) is 11.0. The zero-order valence-electron chi connectivity index (χ0n) is 65.0. The molecule has 596 valence electrons. The van der Waals surface area contributed by atoms with Crippen molar-refractivity contribution in [3.8, 4) is 0 Å². The van der Waals surface area contributed by atoms with Gasteiger partial charge in [0.2, 0.25) is 0 Å². The van der Waals surface area contributed by atoms with Crippen molar-refractivity contribution in [1.82, 2.24) is 0 Å². The lowest BCUT2D eigenvalue weighted by atomic mass is 10.1. The van der Waals surface area contributed by atoms with Gasteiger partial charge in [-0.25, -0.2) is 9.13 Å². The van der Waals surface area contributed by atoms with Gasteiger partial charge < -0.3 is 33.8 Å². The summed E-state index contributed by atoms with van der Waals surface area (Å²) in [5, 5.41) is 10.6. The number of esters is 4. The molecule has 106 heavy (non-hydrogen) atoms. The maximum absolute atomic E-state index is 13.1.